The normalized spacial score (nSPS) is 11.3. The van der Waals surface area contributed by atoms with Gasteiger partial charge >= 0.3 is 6.03 Å². The Hall–Kier alpha value is -3.27. The van der Waals surface area contributed by atoms with Crippen LogP contribution in [-0.2, 0) is 6.54 Å². The van der Waals surface area contributed by atoms with Crippen LogP contribution in [0.2, 0.25) is 0 Å². The Bertz CT molecular complexity index is 1120. The minimum Gasteiger partial charge on any atom is -0.375 e. The third-order valence-electron chi connectivity index (χ3n) is 6.89. The molecule has 0 spiro atoms. The lowest BCUT2D eigenvalue weighted by molar-refractivity contribution is 0.256. The molecule has 36 heavy (non-hydrogen) atoms. The molecule has 0 aliphatic carbocycles. The van der Waals surface area contributed by atoms with Gasteiger partial charge in [0.2, 0.25) is 0 Å². The van der Waals surface area contributed by atoms with E-state index >= 15 is 0 Å². The van der Waals surface area contributed by atoms with Crippen LogP contribution in [0.1, 0.15) is 88.5 Å². The SMILES string of the molecule is CCN(C)c1ccc(CN(C(=O)Nc2c(C(C)C)cccc2C(C)C)c2cccc(C(C)C)c2)cc1. The Morgan fingerprint density at radius 2 is 1.36 bits per heavy atom. The van der Waals surface area contributed by atoms with E-state index in [2.05, 4.69) is 120 Å². The van der Waals surface area contributed by atoms with Crippen LogP contribution in [0.15, 0.2) is 66.7 Å². The van der Waals surface area contributed by atoms with E-state index in [1.807, 2.05) is 17.0 Å². The summed E-state index contributed by atoms with van der Waals surface area (Å²) < 4.78 is 0. The molecule has 0 fully saturated rings. The van der Waals surface area contributed by atoms with Crippen molar-refractivity contribution in [2.45, 2.75) is 72.8 Å². The standard InChI is InChI=1S/C32H43N3O/c1-9-34(8)27-18-16-25(17-19-27)21-35(28-13-10-12-26(20-28)22(2)3)32(36)33-31-29(23(4)5)14-11-15-30(31)24(6)7/h10-20,22-24H,9,21H2,1-8H3,(H,33,36). The van der Waals surface area contributed by atoms with Crippen LogP contribution >= 0.6 is 0 Å². The number of nitrogens with zero attached hydrogens (tertiary/aromatic N) is 2. The Balaban J connectivity index is 2.01. The van der Waals surface area contributed by atoms with Crippen molar-refractivity contribution in [2.24, 2.45) is 0 Å². The molecule has 2 amide bonds. The summed E-state index contributed by atoms with van der Waals surface area (Å²) in [4.78, 5) is 18.0. The molecule has 0 saturated heterocycles. The molecule has 0 radical (unpaired) electrons. The van der Waals surface area contributed by atoms with Gasteiger partial charge in [-0.3, -0.25) is 4.90 Å². The van der Waals surface area contributed by atoms with E-state index in [-0.39, 0.29) is 6.03 Å². The summed E-state index contributed by atoms with van der Waals surface area (Å²) in [6.45, 7) is 16.6. The maximum Gasteiger partial charge on any atom is 0.326 e. The summed E-state index contributed by atoms with van der Waals surface area (Å²) in [7, 11) is 2.09. The van der Waals surface area contributed by atoms with Gasteiger partial charge in [0.05, 0.1) is 6.54 Å². The Labute approximate surface area is 218 Å². The van der Waals surface area contributed by atoms with Crippen LogP contribution in [-0.4, -0.2) is 19.6 Å². The van der Waals surface area contributed by atoms with Gasteiger partial charge in [0.15, 0.2) is 0 Å². The minimum absolute atomic E-state index is 0.111. The van der Waals surface area contributed by atoms with Crippen LogP contribution in [0.4, 0.5) is 21.9 Å². The first kappa shape index (κ1) is 27.3. The van der Waals surface area contributed by atoms with Crippen molar-refractivity contribution in [3.63, 3.8) is 0 Å². The molecule has 4 nitrogen and oxygen atoms in total. The lowest BCUT2D eigenvalue weighted by Gasteiger charge is -2.27. The summed E-state index contributed by atoms with van der Waals surface area (Å²) in [6.07, 6.45) is 0. The van der Waals surface area contributed by atoms with Crippen LogP contribution < -0.4 is 15.1 Å². The largest absolute Gasteiger partial charge is 0.375 e. The van der Waals surface area contributed by atoms with Gasteiger partial charge in [0.1, 0.15) is 0 Å². The van der Waals surface area contributed by atoms with E-state index in [1.54, 1.807) is 0 Å². The van der Waals surface area contributed by atoms with Crippen molar-refractivity contribution in [3.05, 3.63) is 89.0 Å². The predicted octanol–water partition coefficient (Wildman–Crippen LogP) is 8.75. The second-order valence-electron chi connectivity index (χ2n) is 10.6. The molecular weight excluding hydrogens is 442 g/mol. The van der Waals surface area contributed by atoms with Crippen LogP contribution in [0.5, 0.6) is 0 Å². The molecule has 3 rings (SSSR count). The van der Waals surface area contributed by atoms with Crippen molar-refractivity contribution >= 4 is 23.1 Å². The number of carbonyl (C=O) groups excluding carboxylic acids is 1. The lowest BCUT2D eigenvalue weighted by Crippen LogP contribution is -2.35. The van der Waals surface area contributed by atoms with Gasteiger partial charge in [-0.25, -0.2) is 4.79 Å². The number of para-hydroxylation sites is 1. The maximum atomic E-state index is 14.0. The number of benzene rings is 3. The van der Waals surface area contributed by atoms with E-state index in [0.717, 1.165) is 34.6 Å². The first-order chi connectivity index (χ1) is 17.1. The predicted molar refractivity (Wildman–Crippen MR) is 156 cm³/mol. The van der Waals surface area contributed by atoms with Crippen molar-refractivity contribution in [1.29, 1.82) is 0 Å². The molecule has 0 bridgehead atoms. The van der Waals surface area contributed by atoms with Crippen molar-refractivity contribution in [1.82, 2.24) is 0 Å². The number of nitrogens with one attached hydrogen (secondary N) is 1. The third-order valence-corrected chi connectivity index (χ3v) is 6.89. The number of hydrogen-bond donors (Lipinski definition) is 1. The van der Waals surface area contributed by atoms with Gasteiger partial charge in [-0.2, -0.15) is 0 Å². The van der Waals surface area contributed by atoms with E-state index in [9.17, 15) is 4.79 Å². The topological polar surface area (TPSA) is 35.6 Å². The number of amides is 2. The number of rotatable bonds is 9. The fraction of sp³-hybridized carbons (Fsp3) is 0.406. The first-order valence-corrected chi connectivity index (χ1v) is 13.2. The average molecular weight is 486 g/mol. The van der Waals surface area contributed by atoms with E-state index < -0.39 is 0 Å². The molecular formula is C32H43N3O. The molecule has 0 aliphatic rings. The van der Waals surface area contributed by atoms with Gasteiger partial charge in [0.25, 0.3) is 0 Å². The van der Waals surface area contributed by atoms with E-state index in [0.29, 0.717) is 24.3 Å². The quantitative estimate of drug-likeness (QED) is 0.329. The number of carbonyl (C=O) groups is 1. The molecule has 3 aromatic carbocycles. The van der Waals surface area contributed by atoms with Crippen molar-refractivity contribution in [2.75, 3.05) is 28.7 Å². The van der Waals surface area contributed by atoms with Crippen molar-refractivity contribution in [3.8, 4) is 0 Å². The highest BCUT2D eigenvalue weighted by atomic mass is 16.2. The monoisotopic (exact) mass is 485 g/mol. The average Bonchev–Trinajstić information content (AvgIpc) is 2.86. The van der Waals surface area contributed by atoms with E-state index in [1.165, 1.54) is 11.3 Å². The molecule has 0 unspecified atom stereocenters. The Morgan fingerprint density at radius 1 is 0.778 bits per heavy atom. The molecule has 3 aromatic rings. The molecule has 192 valence electrons. The van der Waals surface area contributed by atoms with Gasteiger partial charge < -0.3 is 10.2 Å². The summed E-state index contributed by atoms with van der Waals surface area (Å²) in [6, 6.07) is 23.1. The highest BCUT2D eigenvalue weighted by molar-refractivity contribution is 6.02. The summed E-state index contributed by atoms with van der Waals surface area (Å²) in [5.74, 6) is 0.993. The number of anilines is 3. The van der Waals surface area contributed by atoms with Crippen molar-refractivity contribution < 1.29 is 4.79 Å². The van der Waals surface area contributed by atoms with Gasteiger partial charge in [-0.1, -0.05) is 84.0 Å². The molecule has 4 heteroatoms. The fourth-order valence-corrected chi connectivity index (χ4v) is 4.42. The van der Waals surface area contributed by atoms with Crippen LogP contribution in [0, 0.1) is 0 Å². The molecule has 0 saturated carbocycles. The van der Waals surface area contributed by atoms with Crippen LogP contribution in [0.3, 0.4) is 0 Å². The Kier molecular flexibility index (Phi) is 9.19. The zero-order chi connectivity index (χ0) is 26.4. The molecule has 0 atom stereocenters. The fourth-order valence-electron chi connectivity index (χ4n) is 4.42. The van der Waals surface area contributed by atoms with Gasteiger partial charge in [-0.15, -0.1) is 0 Å². The molecule has 0 heterocycles. The molecule has 0 aromatic heterocycles. The second kappa shape index (κ2) is 12.1. The highest BCUT2D eigenvalue weighted by Gasteiger charge is 2.22. The molecule has 0 aliphatic heterocycles. The summed E-state index contributed by atoms with van der Waals surface area (Å²) >= 11 is 0. The molecule has 1 N–H and O–H groups in total. The maximum absolute atomic E-state index is 14.0. The summed E-state index contributed by atoms with van der Waals surface area (Å²) in [5, 5.41) is 3.33. The second-order valence-corrected chi connectivity index (χ2v) is 10.6. The zero-order valence-electron chi connectivity index (χ0n) is 23.3. The zero-order valence-corrected chi connectivity index (χ0v) is 23.3. The smallest absolute Gasteiger partial charge is 0.326 e. The van der Waals surface area contributed by atoms with Gasteiger partial charge in [-0.05, 0) is 71.2 Å². The Morgan fingerprint density at radius 3 is 1.89 bits per heavy atom. The lowest BCUT2D eigenvalue weighted by atomic mass is 9.92. The minimum atomic E-state index is -0.111. The van der Waals surface area contributed by atoms with E-state index in [4.69, 9.17) is 0 Å². The van der Waals surface area contributed by atoms with Gasteiger partial charge in [0, 0.05) is 30.7 Å². The highest BCUT2D eigenvalue weighted by Crippen LogP contribution is 2.33. The van der Waals surface area contributed by atoms with Crippen LogP contribution in [0.25, 0.3) is 0 Å². The summed E-state index contributed by atoms with van der Waals surface area (Å²) in [5.41, 5.74) is 7.66. The number of urea groups is 1. The number of hydrogen-bond acceptors (Lipinski definition) is 2. The first-order valence-electron chi connectivity index (χ1n) is 13.2. The third kappa shape index (κ3) is 6.48.